The average Bonchev–Trinajstić information content (AvgIpc) is 2.80. The summed E-state index contributed by atoms with van der Waals surface area (Å²) >= 11 is 0. The molecule has 2 heterocycles. The van der Waals surface area contributed by atoms with E-state index in [1.54, 1.807) is 0 Å². The van der Waals surface area contributed by atoms with Crippen LogP contribution in [0.25, 0.3) is 0 Å². The number of aromatic nitrogens is 2. The number of anilines is 2. The lowest BCUT2D eigenvalue weighted by Crippen LogP contribution is -2.25. The number of rotatable bonds is 3. The van der Waals surface area contributed by atoms with Gasteiger partial charge in [0.25, 0.3) is 0 Å². The monoisotopic (exact) mass is 275 g/mol. The van der Waals surface area contributed by atoms with Crippen molar-refractivity contribution < 1.29 is 13.2 Å². The van der Waals surface area contributed by atoms with Crippen LogP contribution in [0.15, 0.2) is 6.20 Å². The maximum absolute atomic E-state index is 12.8. The SMILES string of the molecule is CN(C)c1nc(N[C@@H]2CCNC2)ncc1C(F)(F)F. The molecule has 8 heteroatoms. The Hall–Kier alpha value is -1.57. The number of hydrogen-bond acceptors (Lipinski definition) is 5. The summed E-state index contributed by atoms with van der Waals surface area (Å²) in [7, 11) is 3.05. The Morgan fingerprint density at radius 3 is 2.68 bits per heavy atom. The largest absolute Gasteiger partial charge is 0.421 e. The number of alkyl halides is 3. The Labute approximate surface area is 109 Å². The van der Waals surface area contributed by atoms with Gasteiger partial charge in [-0.05, 0) is 13.0 Å². The third-order valence-electron chi connectivity index (χ3n) is 2.89. The van der Waals surface area contributed by atoms with Crippen molar-refractivity contribution in [3.63, 3.8) is 0 Å². The normalized spacial score (nSPS) is 19.5. The van der Waals surface area contributed by atoms with Crippen molar-refractivity contribution in [1.29, 1.82) is 0 Å². The van der Waals surface area contributed by atoms with Gasteiger partial charge < -0.3 is 15.5 Å². The molecular formula is C11H16F3N5. The number of hydrogen-bond donors (Lipinski definition) is 2. The van der Waals surface area contributed by atoms with Crippen LogP contribution in [0.4, 0.5) is 24.9 Å². The summed E-state index contributed by atoms with van der Waals surface area (Å²) in [6.45, 7) is 1.65. The third-order valence-corrected chi connectivity index (χ3v) is 2.89. The first kappa shape index (κ1) is 13.9. The van der Waals surface area contributed by atoms with Gasteiger partial charge in [0, 0.05) is 32.9 Å². The fourth-order valence-electron chi connectivity index (χ4n) is 1.94. The maximum Gasteiger partial charge on any atom is 0.421 e. The minimum atomic E-state index is -4.45. The molecule has 2 N–H and O–H groups in total. The molecular weight excluding hydrogens is 259 g/mol. The Balaban J connectivity index is 2.25. The van der Waals surface area contributed by atoms with Crippen LogP contribution in [0.2, 0.25) is 0 Å². The molecule has 1 atom stereocenters. The van der Waals surface area contributed by atoms with Gasteiger partial charge in [-0.2, -0.15) is 18.2 Å². The van der Waals surface area contributed by atoms with Gasteiger partial charge in [-0.1, -0.05) is 0 Å². The summed E-state index contributed by atoms with van der Waals surface area (Å²) in [6.07, 6.45) is -2.72. The molecule has 0 spiro atoms. The fraction of sp³-hybridized carbons (Fsp3) is 0.636. The quantitative estimate of drug-likeness (QED) is 0.871. The zero-order chi connectivity index (χ0) is 14.0. The molecule has 1 fully saturated rings. The average molecular weight is 275 g/mol. The second-order valence-electron chi connectivity index (χ2n) is 4.66. The summed E-state index contributed by atoms with van der Waals surface area (Å²) in [5, 5.41) is 6.19. The second-order valence-corrected chi connectivity index (χ2v) is 4.66. The van der Waals surface area contributed by atoms with Crippen molar-refractivity contribution >= 4 is 11.8 Å². The third kappa shape index (κ3) is 3.25. The van der Waals surface area contributed by atoms with E-state index in [0.29, 0.717) is 0 Å². The molecule has 0 aliphatic carbocycles. The number of halogens is 3. The van der Waals surface area contributed by atoms with Gasteiger partial charge in [0.2, 0.25) is 5.95 Å². The van der Waals surface area contributed by atoms with Gasteiger partial charge in [0.05, 0.1) is 0 Å². The molecule has 1 aromatic heterocycles. The summed E-state index contributed by atoms with van der Waals surface area (Å²) in [5.74, 6) is 0.0985. The minimum absolute atomic E-state index is 0.129. The Morgan fingerprint density at radius 1 is 1.42 bits per heavy atom. The van der Waals surface area contributed by atoms with Crippen molar-refractivity contribution in [1.82, 2.24) is 15.3 Å². The van der Waals surface area contributed by atoms with Gasteiger partial charge in [-0.25, -0.2) is 4.98 Å². The highest BCUT2D eigenvalue weighted by molar-refractivity contribution is 5.50. The molecule has 1 aliphatic rings. The van der Waals surface area contributed by atoms with E-state index in [1.165, 1.54) is 19.0 Å². The summed E-state index contributed by atoms with van der Waals surface area (Å²) in [5.41, 5.74) is -0.826. The maximum atomic E-state index is 12.8. The van der Waals surface area contributed by atoms with E-state index in [1.807, 2.05) is 0 Å². The first-order valence-corrected chi connectivity index (χ1v) is 5.96. The first-order chi connectivity index (χ1) is 8.88. The molecule has 0 radical (unpaired) electrons. The molecule has 19 heavy (non-hydrogen) atoms. The highest BCUT2D eigenvalue weighted by Gasteiger charge is 2.36. The van der Waals surface area contributed by atoms with Crippen molar-refractivity contribution in [2.24, 2.45) is 0 Å². The van der Waals surface area contributed by atoms with E-state index in [4.69, 9.17) is 0 Å². The summed E-state index contributed by atoms with van der Waals surface area (Å²) < 4.78 is 38.4. The lowest BCUT2D eigenvalue weighted by Gasteiger charge is -2.19. The van der Waals surface area contributed by atoms with Gasteiger partial charge in [0.15, 0.2) is 0 Å². The molecule has 0 amide bonds. The molecule has 106 valence electrons. The molecule has 2 rings (SSSR count). The molecule has 0 aromatic carbocycles. The van der Waals surface area contributed by atoms with Crippen LogP contribution in [0, 0.1) is 0 Å². The lowest BCUT2D eigenvalue weighted by molar-refractivity contribution is -0.137. The van der Waals surface area contributed by atoms with E-state index >= 15 is 0 Å². The lowest BCUT2D eigenvalue weighted by atomic mass is 10.2. The Morgan fingerprint density at radius 2 is 2.16 bits per heavy atom. The van der Waals surface area contributed by atoms with E-state index < -0.39 is 11.7 Å². The molecule has 1 aliphatic heterocycles. The molecule has 5 nitrogen and oxygen atoms in total. The van der Waals surface area contributed by atoms with Crippen LogP contribution in [0.1, 0.15) is 12.0 Å². The minimum Gasteiger partial charge on any atom is -0.362 e. The standard InChI is InChI=1S/C11H16F3N5/c1-19(2)9-8(11(12,13)14)6-16-10(18-9)17-7-3-4-15-5-7/h6-7,15H,3-5H2,1-2H3,(H,16,17,18)/t7-/m1/s1. The zero-order valence-electron chi connectivity index (χ0n) is 10.8. The zero-order valence-corrected chi connectivity index (χ0v) is 10.8. The van der Waals surface area contributed by atoms with E-state index in [2.05, 4.69) is 20.6 Å². The smallest absolute Gasteiger partial charge is 0.362 e. The van der Waals surface area contributed by atoms with Crippen LogP contribution in [-0.4, -0.2) is 43.2 Å². The van der Waals surface area contributed by atoms with E-state index in [-0.39, 0.29) is 17.8 Å². The highest BCUT2D eigenvalue weighted by atomic mass is 19.4. The van der Waals surface area contributed by atoms with Crippen LogP contribution in [0.5, 0.6) is 0 Å². The van der Waals surface area contributed by atoms with E-state index in [0.717, 1.165) is 25.7 Å². The fourth-order valence-corrected chi connectivity index (χ4v) is 1.94. The van der Waals surface area contributed by atoms with Crippen molar-refractivity contribution in [2.75, 3.05) is 37.4 Å². The topological polar surface area (TPSA) is 53.1 Å². The summed E-state index contributed by atoms with van der Waals surface area (Å²) in [4.78, 5) is 9.05. The van der Waals surface area contributed by atoms with Crippen LogP contribution in [-0.2, 0) is 6.18 Å². The predicted octanol–water partition coefficient (Wildman–Crippen LogP) is 1.34. The van der Waals surface area contributed by atoms with Crippen molar-refractivity contribution in [3.8, 4) is 0 Å². The van der Waals surface area contributed by atoms with Gasteiger partial charge in [-0.3, -0.25) is 0 Å². The van der Waals surface area contributed by atoms with Crippen molar-refractivity contribution in [2.45, 2.75) is 18.6 Å². The van der Waals surface area contributed by atoms with Crippen LogP contribution >= 0.6 is 0 Å². The molecule has 1 saturated heterocycles. The van der Waals surface area contributed by atoms with Crippen LogP contribution < -0.4 is 15.5 Å². The molecule has 0 unspecified atom stereocenters. The van der Waals surface area contributed by atoms with Crippen molar-refractivity contribution in [3.05, 3.63) is 11.8 Å². The second kappa shape index (κ2) is 5.20. The number of nitrogens with one attached hydrogen (secondary N) is 2. The highest BCUT2D eigenvalue weighted by Crippen LogP contribution is 2.34. The first-order valence-electron chi connectivity index (χ1n) is 5.96. The molecule has 0 bridgehead atoms. The van der Waals surface area contributed by atoms with Gasteiger partial charge in [-0.15, -0.1) is 0 Å². The molecule has 1 aromatic rings. The summed E-state index contributed by atoms with van der Waals surface area (Å²) in [6, 6.07) is 0.159. The Bertz CT molecular complexity index is 440. The van der Waals surface area contributed by atoms with Gasteiger partial charge in [0.1, 0.15) is 11.4 Å². The van der Waals surface area contributed by atoms with E-state index in [9.17, 15) is 13.2 Å². The predicted molar refractivity (Wildman–Crippen MR) is 66.3 cm³/mol. The Kier molecular flexibility index (Phi) is 3.79. The van der Waals surface area contributed by atoms with Crippen LogP contribution in [0.3, 0.4) is 0 Å². The van der Waals surface area contributed by atoms with Gasteiger partial charge >= 0.3 is 6.18 Å². The molecule has 0 saturated carbocycles. The number of nitrogens with zero attached hydrogens (tertiary/aromatic N) is 3.